The van der Waals surface area contributed by atoms with Gasteiger partial charge in [0.2, 0.25) is 0 Å². The number of nitrogens with zero attached hydrogens (tertiary/aromatic N) is 3. The lowest BCUT2D eigenvalue weighted by Crippen LogP contribution is -2.17. The Morgan fingerprint density at radius 3 is 2.50 bits per heavy atom. The highest BCUT2D eigenvalue weighted by molar-refractivity contribution is 8.00. The Hall–Kier alpha value is -2.67. The van der Waals surface area contributed by atoms with Crippen molar-refractivity contribution in [2.75, 3.05) is 0 Å². The summed E-state index contributed by atoms with van der Waals surface area (Å²) >= 11 is 1.43. The number of Topliss-reactive ketones (excluding diaryl/α,β-unsaturated/α-hetero) is 2. The van der Waals surface area contributed by atoms with Crippen molar-refractivity contribution in [3.05, 3.63) is 64.2 Å². The number of carbonyl (C=O) groups is 2. The van der Waals surface area contributed by atoms with Crippen LogP contribution in [0.4, 0.5) is 0 Å². The number of carbonyl (C=O) groups excluding carboxylic acids is 2. The molecule has 0 saturated heterocycles. The number of aromatic nitrogens is 4. The molecular formula is C23H26N4O2S. The van der Waals surface area contributed by atoms with Crippen LogP contribution < -0.4 is 0 Å². The van der Waals surface area contributed by atoms with Crippen LogP contribution in [0.2, 0.25) is 0 Å². The first kappa shape index (κ1) is 20.6. The fourth-order valence-corrected chi connectivity index (χ4v) is 4.80. The van der Waals surface area contributed by atoms with Crippen molar-refractivity contribution < 1.29 is 9.59 Å². The maximum absolute atomic E-state index is 13.2. The van der Waals surface area contributed by atoms with E-state index in [2.05, 4.69) is 31.9 Å². The lowest BCUT2D eigenvalue weighted by Gasteiger charge is -2.13. The number of aromatic amines is 1. The molecule has 0 aliphatic heterocycles. The van der Waals surface area contributed by atoms with E-state index < -0.39 is 0 Å². The van der Waals surface area contributed by atoms with E-state index in [4.69, 9.17) is 0 Å². The van der Waals surface area contributed by atoms with Crippen molar-refractivity contribution in [2.45, 2.75) is 63.4 Å². The van der Waals surface area contributed by atoms with E-state index in [0.717, 1.165) is 35.1 Å². The van der Waals surface area contributed by atoms with Crippen molar-refractivity contribution in [3.8, 4) is 0 Å². The first-order valence-corrected chi connectivity index (χ1v) is 11.1. The number of thioether (sulfide) groups is 1. The third-order valence-corrected chi connectivity index (χ3v) is 6.64. The standard InChI is InChI=1S/C23H26N4O2S/c1-13-19(15(3)28)14(2)24-20(13)21(29)16(4)30-23-26-25-22(18-10-11-18)27(23)12-17-8-6-5-7-9-17/h5-9,16,18,24H,10-12H2,1-4H3/t16-/m0/s1. The van der Waals surface area contributed by atoms with Crippen LogP contribution in [-0.2, 0) is 6.54 Å². The fraction of sp³-hybridized carbons (Fsp3) is 0.391. The van der Waals surface area contributed by atoms with Crippen LogP contribution in [-0.4, -0.2) is 36.6 Å². The molecule has 3 aromatic rings. The van der Waals surface area contributed by atoms with Crippen LogP contribution >= 0.6 is 11.8 Å². The Morgan fingerprint density at radius 1 is 1.20 bits per heavy atom. The molecule has 1 fully saturated rings. The third kappa shape index (κ3) is 3.99. The zero-order valence-electron chi connectivity index (χ0n) is 17.7. The minimum Gasteiger partial charge on any atom is -0.355 e. The van der Waals surface area contributed by atoms with Gasteiger partial charge >= 0.3 is 0 Å². The molecule has 0 radical (unpaired) electrons. The summed E-state index contributed by atoms with van der Waals surface area (Å²) in [4.78, 5) is 28.2. The first-order valence-electron chi connectivity index (χ1n) is 10.2. The highest BCUT2D eigenvalue weighted by Gasteiger charge is 2.32. The summed E-state index contributed by atoms with van der Waals surface area (Å²) in [5.74, 6) is 1.41. The highest BCUT2D eigenvalue weighted by atomic mass is 32.2. The number of hydrogen-bond donors (Lipinski definition) is 1. The number of nitrogens with one attached hydrogen (secondary N) is 1. The van der Waals surface area contributed by atoms with Gasteiger partial charge in [0.15, 0.2) is 16.7 Å². The van der Waals surface area contributed by atoms with Gasteiger partial charge in [-0.05, 0) is 51.7 Å². The SMILES string of the molecule is CC(=O)c1c(C)[nH]c(C(=O)[C@H](C)Sc2nnc(C3CC3)n2Cc2ccccc2)c1C. The molecule has 0 bridgehead atoms. The van der Waals surface area contributed by atoms with Gasteiger partial charge in [-0.2, -0.15) is 0 Å². The molecule has 156 valence electrons. The molecule has 7 heteroatoms. The number of aryl methyl sites for hydroxylation is 1. The second-order valence-corrected chi connectivity index (χ2v) is 9.30. The molecule has 1 aliphatic carbocycles. The smallest absolute Gasteiger partial charge is 0.192 e. The number of hydrogen-bond acceptors (Lipinski definition) is 5. The summed E-state index contributed by atoms with van der Waals surface area (Å²) in [6.45, 7) is 7.76. The largest absolute Gasteiger partial charge is 0.355 e. The molecule has 1 aliphatic rings. The first-order chi connectivity index (χ1) is 14.4. The third-order valence-electron chi connectivity index (χ3n) is 5.56. The number of rotatable bonds is 8. The monoisotopic (exact) mass is 422 g/mol. The average Bonchev–Trinajstić information content (AvgIpc) is 3.42. The molecule has 4 rings (SSSR count). The summed E-state index contributed by atoms with van der Waals surface area (Å²) in [7, 11) is 0. The lowest BCUT2D eigenvalue weighted by molar-refractivity contribution is 0.0988. The molecule has 0 unspecified atom stereocenters. The Labute approximate surface area is 180 Å². The number of benzene rings is 1. The summed E-state index contributed by atoms with van der Waals surface area (Å²) in [5, 5.41) is 9.27. The predicted molar refractivity (Wildman–Crippen MR) is 117 cm³/mol. The van der Waals surface area contributed by atoms with Crippen molar-refractivity contribution in [1.29, 1.82) is 0 Å². The van der Waals surface area contributed by atoms with E-state index in [9.17, 15) is 9.59 Å². The molecule has 1 aromatic carbocycles. The molecule has 2 heterocycles. The zero-order valence-corrected chi connectivity index (χ0v) is 18.5. The van der Waals surface area contributed by atoms with Gasteiger partial charge in [-0.1, -0.05) is 42.1 Å². The van der Waals surface area contributed by atoms with Gasteiger partial charge < -0.3 is 9.55 Å². The van der Waals surface area contributed by atoms with E-state index in [0.29, 0.717) is 23.7 Å². The fourth-order valence-electron chi connectivity index (χ4n) is 3.88. The Balaban J connectivity index is 1.59. The van der Waals surface area contributed by atoms with Crippen LogP contribution in [0.5, 0.6) is 0 Å². The van der Waals surface area contributed by atoms with E-state index >= 15 is 0 Å². The maximum Gasteiger partial charge on any atom is 0.192 e. The Bertz CT molecular complexity index is 1100. The molecule has 1 N–H and O–H groups in total. The summed E-state index contributed by atoms with van der Waals surface area (Å²) < 4.78 is 2.15. The molecule has 0 spiro atoms. The second-order valence-electron chi connectivity index (χ2n) is 7.99. The maximum atomic E-state index is 13.2. The van der Waals surface area contributed by atoms with Crippen molar-refractivity contribution in [2.24, 2.45) is 0 Å². The molecule has 1 saturated carbocycles. The molecule has 6 nitrogen and oxygen atoms in total. The molecule has 30 heavy (non-hydrogen) atoms. The zero-order chi connectivity index (χ0) is 21.4. The van der Waals surface area contributed by atoms with Crippen molar-refractivity contribution in [3.63, 3.8) is 0 Å². The van der Waals surface area contributed by atoms with Gasteiger partial charge in [0.05, 0.1) is 17.5 Å². The van der Waals surface area contributed by atoms with Crippen LogP contribution in [0.25, 0.3) is 0 Å². The molecule has 0 amide bonds. The predicted octanol–water partition coefficient (Wildman–Crippen LogP) is 4.71. The van der Waals surface area contributed by atoms with E-state index in [1.165, 1.54) is 24.2 Å². The normalized spacial score (nSPS) is 14.7. The van der Waals surface area contributed by atoms with Gasteiger partial charge in [0, 0.05) is 17.2 Å². The highest BCUT2D eigenvalue weighted by Crippen LogP contribution is 2.40. The van der Waals surface area contributed by atoms with Gasteiger partial charge in [-0.3, -0.25) is 9.59 Å². The van der Waals surface area contributed by atoms with Crippen molar-refractivity contribution >= 4 is 23.3 Å². The summed E-state index contributed by atoms with van der Waals surface area (Å²) in [6.07, 6.45) is 2.28. The minimum absolute atomic E-state index is 0.0303. The van der Waals surface area contributed by atoms with Gasteiger partial charge in [-0.15, -0.1) is 10.2 Å². The number of ketones is 2. The summed E-state index contributed by atoms with van der Waals surface area (Å²) in [5.41, 5.74) is 3.76. The molecule has 2 aromatic heterocycles. The average molecular weight is 423 g/mol. The second kappa shape index (κ2) is 8.22. The van der Waals surface area contributed by atoms with Crippen LogP contribution in [0, 0.1) is 13.8 Å². The number of H-pyrrole nitrogens is 1. The van der Waals surface area contributed by atoms with E-state index in [1.54, 1.807) is 0 Å². The molecule has 1 atom stereocenters. The summed E-state index contributed by atoms with van der Waals surface area (Å²) in [6, 6.07) is 10.2. The van der Waals surface area contributed by atoms with Gasteiger partial charge in [-0.25, -0.2) is 0 Å². The lowest BCUT2D eigenvalue weighted by atomic mass is 10.0. The van der Waals surface area contributed by atoms with Crippen LogP contribution in [0.1, 0.15) is 76.1 Å². The quantitative estimate of drug-likeness (QED) is 0.420. The van der Waals surface area contributed by atoms with E-state index in [1.807, 2.05) is 39.0 Å². The van der Waals surface area contributed by atoms with Crippen molar-refractivity contribution in [1.82, 2.24) is 19.7 Å². The molecular weight excluding hydrogens is 396 g/mol. The van der Waals surface area contributed by atoms with Crippen LogP contribution in [0.3, 0.4) is 0 Å². The van der Waals surface area contributed by atoms with E-state index in [-0.39, 0.29) is 16.8 Å². The minimum atomic E-state index is -0.354. The topological polar surface area (TPSA) is 80.6 Å². The van der Waals surface area contributed by atoms with Gasteiger partial charge in [0.1, 0.15) is 5.82 Å². The van der Waals surface area contributed by atoms with Gasteiger partial charge in [0.25, 0.3) is 0 Å². The Morgan fingerprint density at radius 2 is 1.90 bits per heavy atom. The van der Waals surface area contributed by atoms with Crippen LogP contribution in [0.15, 0.2) is 35.5 Å². The Kier molecular flexibility index (Phi) is 5.64.